The van der Waals surface area contributed by atoms with Crippen molar-refractivity contribution < 1.29 is 31.4 Å². The number of rotatable bonds is 6. The summed E-state index contributed by atoms with van der Waals surface area (Å²) in [5, 5.41) is 21.3. The molecule has 176 valence electrons. The monoisotopic (exact) mass is 480 g/mol. The Labute approximate surface area is 187 Å². The van der Waals surface area contributed by atoms with Crippen LogP contribution in [0.2, 0.25) is 0 Å². The summed E-state index contributed by atoms with van der Waals surface area (Å²) in [7, 11) is 0. The number of pyridine rings is 2. The van der Waals surface area contributed by atoms with Gasteiger partial charge in [0, 0.05) is 29.5 Å². The predicted molar refractivity (Wildman–Crippen MR) is 105 cm³/mol. The first-order chi connectivity index (χ1) is 16.1. The van der Waals surface area contributed by atoms with Gasteiger partial charge in [0.1, 0.15) is 35.2 Å². The van der Waals surface area contributed by atoms with E-state index >= 15 is 8.78 Å². The van der Waals surface area contributed by atoms with Gasteiger partial charge in [0.05, 0.1) is 12.7 Å². The Kier molecular flexibility index (Phi) is 6.04. The normalized spacial score (nSPS) is 16.3. The van der Waals surface area contributed by atoms with Gasteiger partial charge in [-0.05, 0) is 35.1 Å². The van der Waals surface area contributed by atoms with Gasteiger partial charge in [-0.3, -0.25) is 9.97 Å². The zero-order valence-electron chi connectivity index (χ0n) is 17.0. The van der Waals surface area contributed by atoms with Crippen LogP contribution in [-0.4, -0.2) is 40.9 Å². The van der Waals surface area contributed by atoms with Crippen molar-refractivity contribution in [2.45, 2.75) is 24.5 Å². The number of aliphatic hydroxyl groups is 1. The third-order valence-electron chi connectivity index (χ3n) is 5.12. The van der Waals surface area contributed by atoms with E-state index in [4.69, 9.17) is 0 Å². The Morgan fingerprint density at radius 3 is 2.50 bits per heavy atom. The fourth-order valence-electron chi connectivity index (χ4n) is 3.44. The van der Waals surface area contributed by atoms with Crippen LogP contribution in [0.25, 0.3) is 11.3 Å². The maximum Gasteiger partial charge on any atom is 0.323 e. The van der Waals surface area contributed by atoms with Gasteiger partial charge in [-0.25, -0.2) is 22.2 Å². The topological polar surface area (TPSA) is 89.6 Å². The fraction of sp³-hybridized carbons (Fsp3) is 0.190. The molecule has 3 heterocycles. The van der Waals surface area contributed by atoms with Gasteiger partial charge in [0.2, 0.25) is 0 Å². The SMILES string of the molecule is OC(Cn1cnnn1)(C1=C(F)C=C(F)C=CC1)C(F)(F)c1ccc(-c2ncc(F)cc2F)cn1. The zero-order valence-corrected chi connectivity index (χ0v) is 17.0. The van der Waals surface area contributed by atoms with Gasteiger partial charge < -0.3 is 5.11 Å². The van der Waals surface area contributed by atoms with Crippen LogP contribution in [0.15, 0.2) is 72.4 Å². The van der Waals surface area contributed by atoms with E-state index in [2.05, 4.69) is 25.5 Å². The molecule has 0 aliphatic heterocycles. The Hall–Kier alpha value is -3.87. The van der Waals surface area contributed by atoms with E-state index in [1.165, 1.54) is 0 Å². The van der Waals surface area contributed by atoms with E-state index in [0.29, 0.717) is 12.1 Å². The minimum Gasteiger partial charge on any atom is -0.377 e. The standard InChI is InChI=1S/C21H14F6N6O/c22-13-2-1-3-15(16(24)6-13)20(34,10-33-11-30-31-32-33)21(26,27)18-5-4-12(8-28-18)19-17(25)7-14(23)9-29-19/h1-2,4-9,11,34H,3,10H2. The first kappa shape index (κ1) is 23.3. The minimum absolute atomic E-state index is 0.0473. The van der Waals surface area contributed by atoms with Gasteiger partial charge in [0.15, 0.2) is 11.4 Å². The molecule has 0 radical (unpaired) electrons. The smallest absolute Gasteiger partial charge is 0.323 e. The number of alkyl halides is 2. The Bertz CT molecular complexity index is 1290. The molecule has 3 aromatic heterocycles. The van der Waals surface area contributed by atoms with Crippen molar-refractivity contribution in [2.75, 3.05) is 0 Å². The number of tetrazole rings is 1. The van der Waals surface area contributed by atoms with Crippen molar-refractivity contribution in [3.8, 4) is 11.3 Å². The highest BCUT2D eigenvalue weighted by atomic mass is 19.3. The van der Waals surface area contributed by atoms with Gasteiger partial charge in [-0.15, -0.1) is 5.10 Å². The third-order valence-corrected chi connectivity index (χ3v) is 5.12. The van der Waals surface area contributed by atoms with Crippen molar-refractivity contribution in [2.24, 2.45) is 0 Å². The molecule has 1 aliphatic carbocycles. The summed E-state index contributed by atoms with van der Waals surface area (Å²) in [6, 6.07) is 2.39. The summed E-state index contributed by atoms with van der Waals surface area (Å²) >= 11 is 0. The van der Waals surface area contributed by atoms with E-state index in [1.807, 2.05) is 0 Å². The Morgan fingerprint density at radius 1 is 1.06 bits per heavy atom. The van der Waals surface area contributed by atoms with Crippen molar-refractivity contribution >= 4 is 0 Å². The summed E-state index contributed by atoms with van der Waals surface area (Å²) < 4.78 is 87.8. The molecule has 1 unspecified atom stereocenters. The Balaban J connectivity index is 1.79. The van der Waals surface area contributed by atoms with E-state index in [9.17, 15) is 22.7 Å². The highest BCUT2D eigenvalue weighted by Gasteiger charge is 2.58. The maximum atomic E-state index is 15.8. The lowest BCUT2D eigenvalue weighted by Crippen LogP contribution is -2.51. The van der Waals surface area contributed by atoms with Crippen LogP contribution in [0.1, 0.15) is 12.1 Å². The van der Waals surface area contributed by atoms with Gasteiger partial charge in [-0.1, -0.05) is 6.08 Å². The fourth-order valence-corrected chi connectivity index (χ4v) is 3.44. The van der Waals surface area contributed by atoms with Crippen molar-refractivity contribution in [3.05, 3.63) is 89.7 Å². The summed E-state index contributed by atoms with van der Waals surface area (Å²) in [5.41, 5.74) is -5.50. The molecule has 0 saturated carbocycles. The van der Waals surface area contributed by atoms with Crippen molar-refractivity contribution in [3.63, 3.8) is 0 Å². The van der Waals surface area contributed by atoms with E-state index in [1.54, 1.807) is 0 Å². The molecule has 4 rings (SSSR count). The molecular weight excluding hydrogens is 466 g/mol. The van der Waals surface area contributed by atoms with Crippen LogP contribution in [0, 0.1) is 11.6 Å². The second-order valence-electron chi connectivity index (χ2n) is 7.32. The Morgan fingerprint density at radius 2 is 1.85 bits per heavy atom. The maximum absolute atomic E-state index is 15.8. The van der Waals surface area contributed by atoms with Crippen LogP contribution < -0.4 is 0 Å². The lowest BCUT2D eigenvalue weighted by molar-refractivity contribution is -0.179. The molecule has 0 spiro atoms. The van der Waals surface area contributed by atoms with Crippen LogP contribution in [0.3, 0.4) is 0 Å². The van der Waals surface area contributed by atoms with Crippen LogP contribution in [0.4, 0.5) is 26.3 Å². The summed E-state index contributed by atoms with van der Waals surface area (Å²) in [6.45, 7) is -1.00. The minimum atomic E-state index is -4.26. The molecule has 3 aromatic rings. The van der Waals surface area contributed by atoms with Gasteiger partial charge in [-0.2, -0.15) is 8.78 Å². The lowest BCUT2D eigenvalue weighted by Gasteiger charge is -2.37. The molecule has 13 heteroatoms. The lowest BCUT2D eigenvalue weighted by atomic mass is 9.82. The molecular formula is C21H14F6N6O. The molecule has 1 N–H and O–H groups in total. The van der Waals surface area contributed by atoms with Crippen molar-refractivity contribution in [1.82, 2.24) is 30.2 Å². The highest BCUT2D eigenvalue weighted by molar-refractivity contribution is 5.58. The molecule has 1 atom stereocenters. The van der Waals surface area contributed by atoms with Crippen LogP contribution in [0.5, 0.6) is 0 Å². The molecule has 34 heavy (non-hydrogen) atoms. The number of halogens is 6. The molecule has 0 bridgehead atoms. The van der Waals surface area contributed by atoms with Crippen LogP contribution in [-0.2, 0) is 12.5 Å². The van der Waals surface area contributed by atoms with Gasteiger partial charge in [0.25, 0.3) is 0 Å². The average molecular weight is 480 g/mol. The second kappa shape index (κ2) is 8.82. The first-order valence-corrected chi connectivity index (χ1v) is 9.63. The number of hydrogen-bond donors (Lipinski definition) is 1. The summed E-state index contributed by atoms with van der Waals surface area (Å²) in [6.07, 6.45) is 4.30. The molecule has 0 aromatic carbocycles. The largest absolute Gasteiger partial charge is 0.377 e. The molecule has 0 fully saturated rings. The number of aromatic nitrogens is 6. The van der Waals surface area contributed by atoms with E-state index in [0.717, 1.165) is 47.7 Å². The van der Waals surface area contributed by atoms with Gasteiger partial charge >= 0.3 is 5.92 Å². The first-order valence-electron chi connectivity index (χ1n) is 9.63. The summed E-state index contributed by atoms with van der Waals surface area (Å²) in [4.78, 5) is 7.20. The summed E-state index contributed by atoms with van der Waals surface area (Å²) in [5.74, 6) is -8.66. The molecule has 0 amide bonds. The third kappa shape index (κ3) is 4.21. The number of nitrogens with zero attached hydrogens (tertiary/aromatic N) is 6. The van der Waals surface area contributed by atoms with E-state index < -0.39 is 59.0 Å². The average Bonchev–Trinajstić information content (AvgIpc) is 3.22. The van der Waals surface area contributed by atoms with Crippen molar-refractivity contribution in [1.29, 1.82) is 0 Å². The van der Waals surface area contributed by atoms with E-state index in [-0.39, 0.29) is 11.3 Å². The highest BCUT2D eigenvalue weighted by Crippen LogP contribution is 2.46. The number of hydrogen-bond acceptors (Lipinski definition) is 6. The van der Waals surface area contributed by atoms with Crippen LogP contribution >= 0.6 is 0 Å². The zero-order chi connectivity index (χ0) is 24.5. The molecule has 1 aliphatic rings. The molecule has 7 nitrogen and oxygen atoms in total. The quantitative estimate of drug-likeness (QED) is 0.538. The predicted octanol–water partition coefficient (Wildman–Crippen LogP) is 3.97. The second-order valence-corrected chi connectivity index (χ2v) is 7.32. The molecule has 0 saturated heterocycles. The number of allylic oxidation sites excluding steroid dienone is 5.